The van der Waals surface area contributed by atoms with Crippen molar-refractivity contribution in [1.82, 2.24) is 19.5 Å². The van der Waals surface area contributed by atoms with Gasteiger partial charge in [-0.1, -0.05) is 0 Å². The van der Waals surface area contributed by atoms with Crippen molar-refractivity contribution < 1.29 is 9.90 Å². The largest absolute Gasteiger partial charge is 0.478 e. The van der Waals surface area contributed by atoms with E-state index in [4.69, 9.17) is 5.11 Å². The molecule has 0 radical (unpaired) electrons. The number of pyridine rings is 2. The first-order valence-corrected chi connectivity index (χ1v) is 11.1. The van der Waals surface area contributed by atoms with E-state index in [9.17, 15) is 9.59 Å². The van der Waals surface area contributed by atoms with Gasteiger partial charge >= 0.3 is 5.97 Å². The second-order valence-corrected chi connectivity index (χ2v) is 8.15. The second-order valence-electron chi connectivity index (χ2n) is 7.27. The summed E-state index contributed by atoms with van der Waals surface area (Å²) in [6, 6.07) is 6.61. The standard InChI is InChI=1S/C21H22N6O3S/c1-31-17-10-23-21(24-11-17)26-15-4-3-14(8-15)25-18-6-5-16(9-22-18)27-12-13(20(29)30)2-7-19(27)28/h2,5-7,9-12,14-15H,3-4,8H2,1H3,(H,22,25)(H,29,30)(H,23,24,26)/t14-,15+/m1/s1. The number of carboxylic acids is 1. The number of thioether (sulfide) groups is 1. The molecular formula is C21H22N6O3S. The van der Waals surface area contributed by atoms with E-state index in [-0.39, 0.29) is 23.2 Å². The van der Waals surface area contributed by atoms with Crippen LogP contribution in [0.1, 0.15) is 29.6 Å². The molecule has 0 aromatic carbocycles. The van der Waals surface area contributed by atoms with Crippen LogP contribution in [0.3, 0.4) is 0 Å². The summed E-state index contributed by atoms with van der Waals surface area (Å²) in [5.41, 5.74) is 0.235. The Kier molecular flexibility index (Phi) is 6.17. The highest BCUT2D eigenvalue weighted by atomic mass is 32.2. The van der Waals surface area contributed by atoms with Crippen molar-refractivity contribution in [2.45, 2.75) is 36.2 Å². The van der Waals surface area contributed by atoms with E-state index in [1.807, 2.05) is 18.6 Å². The number of nitrogens with one attached hydrogen (secondary N) is 2. The van der Waals surface area contributed by atoms with E-state index in [0.29, 0.717) is 17.5 Å². The third-order valence-electron chi connectivity index (χ3n) is 5.17. The Morgan fingerprint density at radius 3 is 2.45 bits per heavy atom. The zero-order valence-corrected chi connectivity index (χ0v) is 17.7. The zero-order chi connectivity index (χ0) is 21.8. The highest BCUT2D eigenvalue weighted by molar-refractivity contribution is 7.98. The minimum absolute atomic E-state index is 0.0402. The number of hydrogen-bond donors (Lipinski definition) is 3. The van der Waals surface area contributed by atoms with Crippen LogP contribution in [0.15, 0.2) is 58.7 Å². The van der Waals surface area contributed by atoms with Crippen LogP contribution in [0.2, 0.25) is 0 Å². The van der Waals surface area contributed by atoms with Crippen molar-refractivity contribution in [1.29, 1.82) is 0 Å². The lowest BCUT2D eigenvalue weighted by Crippen LogP contribution is -2.22. The fourth-order valence-electron chi connectivity index (χ4n) is 3.56. The van der Waals surface area contributed by atoms with Crippen molar-refractivity contribution in [2.24, 2.45) is 0 Å². The zero-order valence-electron chi connectivity index (χ0n) is 16.9. The number of nitrogens with zero attached hydrogens (tertiary/aromatic N) is 4. The molecule has 0 bridgehead atoms. The van der Waals surface area contributed by atoms with Crippen LogP contribution in [-0.4, -0.2) is 48.9 Å². The molecule has 0 spiro atoms. The molecule has 3 aromatic heterocycles. The maximum absolute atomic E-state index is 12.1. The van der Waals surface area contributed by atoms with Crippen LogP contribution >= 0.6 is 11.8 Å². The molecule has 0 aliphatic heterocycles. The van der Waals surface area contributed by atoms with Crippen molar-refractivity contribution in [3.63, 3.8) is 0 Å². The lowest BCUT2D eigenvalue weighted by Gasteiger charge is -2.15. The fraction of sp³-hybridized carbons (Fsp3) is 0.286. The van der Waals surface area contributed by atoms with Crippen molar-refractivity contribution in [3.05, 3.63) is 65.0 Å². The van der Waals surface area contributed by atoms with Crippen LogP contribution in [0.4, 0.5) is 11.8 Å². The second kappa shape index (κ2) is 9.17. The molecule has 3 N–H and O–H groups in total. The lowest BCUT2D eigenvalue weighted by atomic mass is 10.2. The molecule has 3 aromatic rings. The Morgan fingerprint density at radius 1 is 1.06 bits per heavy atom. The predicted octanol–water partition coefficient (Wildman–Crippen LogP) is 2.89. The van der Waals surface area contributed by atoms with Crippen LogP contribution in [0.5, 0.6) is 0 Å². The molecule has 1 aliphatic carbocycles. The van der Waals surface area contributed by atoms with Crippen LogP contribution in [-0.2, 0) is 0 Å². The molecule has 2 atom stereocenters. The Bertz CT molecular complexity index is 1120. The molecule has 1 aliphatic rings. The van der Waals surface area contributed by atoms with Gasteiger partial charge in [0.2, 0.25) is 5.95 Å². The van der Waals surface area contributed by atoms with Gasteiger partial charge in [-0.3, -0.25) is 9.36 Å². The normalized spacial score (nSPS) is 18.0. The Labute approximate surface area is 183 Å². The summed E-state index contributed by atoms with van der Waals surface area (Å²) < 4.78 is 1.28. The monoisotopic (exact) mass is 438 g/mol. The van der Waals surface area contributed by atoms with Gasteiger partial charge in [-0.25, -0.2) is 19.7 Å². The number of aromatic carboxylic acids is 1. The molecule has 0 unspecified atom stereocenters. The van der Waals surface area contributed by atoms with Crippen LogP contribution < -0.4 is 16.2 Å². The Balaban J connectivity index is 1.37. The molecule has 31 heavy (non-hydrogen) atoms. The van der Waals surface area contributed by atoms with Gasteiger partial charge in [0.15, 0.2) is 0 Å². The molecule has 0 saturated heterocycles. The van der Waals surface area contributed by atoms with Crippen LogP contribution in [0, 0.1) is 0 Å². The average molecular weight is 439 g/mol. The number of anilines is 2. The van der Waals surface area contributed by atoms with Gasteiger partial charge in [-0.05, 0) is 43.7 Å². The average Bonchev–Trinajstić information content (AvgIpc) is 3.22. The van der Waals surface area contributed by atoms with Gasteiger partial charge in [-0.15, -0.1) is 11.8 Å². The number of aromatic nitrogens is 4. The SMILES string of the molecule is CSc1cnc(N[C@H]2CC[C@@H](Nc3ccc(-n4cc(C(=O)O)ccc4=O)cn3)C2)nc1. The minimum Gasteiger partial charge on any atom is -0.478 e. The molecule has 9 nitrogen and oxygen atoms in total. The number of rotatable bonds is 7. The van der Waals surface area contributed by atoms with Gasteiger partial charge in [0.25, 0.3) is 5.56 Å². The van der Waals surface area contributed by atoms with Gasteiger partial charge in [0, 0.05) is 41.6 Å². The first-order chi connectivity index (χ1) is 15.0. The molecule has 4 rings (SSSR count). The summed E-state index contributed by atoms with van der Waals surface area (Å²) in [7, 11) is 0. The summed E-state index contributed by atoms with van der Waals surface area (Å²) in [5, 5.41) is 15.9. The number of carboxylic acid groups (broad SMARTS) is 1. The highest BCUT2D eigenvalue weighted by Gasteiger charge is 2.25. The van der Waals surface area contributed by atoms with E-state index in [1.54, 1.807) is 30.1 Å². The number of hydrogen-bond acceptors (Lipinski definition) is 8. The van der Waals surface area contributed by atoms with E-state index in [2.05, 4.69) is 25.6 Å². The van der Waals surface area contributed by atoms with Crippen molar-refractivity contribution >= 4 is 29.5 Å². The summed E-state index contributed by atoms with van der Waals surface area (Å²) in [4.78, 5) is 37.4. The Morgan fingerprint density at radius 2 is 1.81 bits per heavy atom. The third kappa shape index (κ3) is 5.02. The van der Waals surface area contributed by atoms with E-state index in [0.717, 1.165) is 24.2 Å². The first kappa shape index (κ1) is 20.9. The smallest absolute Gasteiger partial charge is 0.337 e. The van der Waals surface area contributed by atoms with Gasteiger partial charge in [0.05, 0.1) is 17.4 Å². The molecule has 3 heterocycles. The first-order valence-electron chi connectivity index (χ1n) is 9.83. The van der Waals surface area contributed by atoms with Crippen LogP contribution in [0.25, 0.3) is 5.69 Å². The van der Waals surface area contributed by atoms with Crippen molar-refractivity contribution in [3.8, 4) is 5.69 Å². The van der Waals surface area contributed by atoms with Crippen molar-refractivity contribution in [2.75, 3.05) is 16.9 Å². The molecule has 1 fully saturated rings. The fourth-order valence-corrected chi connectivity index (χ4v) is 3.88. The predicted molar refractivity (Wildman–Crippen MR) is 119 cm³/mol. The van der Waals surface area contributed by atoms with E-state index < -0.39 is 5.97 Å². The third-order valence-corrected chi connectivity index (χ3v) is 5.85. The quantitative estimate of drug-likeness (QED) is 0.478. The van der Waals surface area contributed by atoms with Gasteiger partial charge < -0.3 is 15.7 Å². The molecule has 0 amide bonds. The van der Waals surface area contributed by atoms with Gasteiger partial charge in [-0.2, -0.15) is 0 Å². The minimum atomic E-state index is -1.09. The van der Waals surface area contributed by atoms with E-state index >= 15 is 0 Å². The topological polar surface area (TPSA) is 122 Å². The molecule has 1 saturated carbocycles. The molecule has 160 valence electrons. The Hall–Kier alpha value is -3.40. The molecular weight excluding hydrogens is 416 g/mol. The summed E-state index contributed by atoms with van der Waals surface area (Å²) in [6.07, 6.45) is 11.4. The maximum atomic E-state index is 12.1. The van der Waals surface area contributed by atoms with Gasteiger partial charge in [0.1, 0.15) is 5.82 Å². The molecule has 10 heteroatoms. The van der Waals surface area contributed by atoms with E-state index in [1.165, 1.54) is 22.9 Å². The summed E-state index contributed by atoms with van der Waals surface area (Å²) in [5.74, 6) is 0.257. The number of carbonyl (C=O) groups is 1. The lowest BCUT2D eigenvalue weighted by molar-refractivity contribution is 0.0696. The summed E-state index contributed by atoms with van der Waals surface area (Å²) in [6.45, 7) is 0. The highest BCUT2D eigenvalue weighted by Crippen LogP contribution is 2.25. The summed E-state index contributed by atoms with van der Waals surface area (Å²) >= 11 is 1.61. The maximum Gasteiger partial charge on any atom is 0.337 e.